The molecule has 1 N–H and O–H groups in total. The fourth-order valence-electron chi connectivity index (χ4n) is 2.02. The van der Waals surface area contributed by atoms with Gasteiger partial charge in [0.25, 0.3) is 5.89 Å². The van der Waals surface area contributed by atoms with Crippen LogP contribution in [0.1, 0.15) is 24.7 Å². The fourth-order valence-corrected chi connectivity index (χ4v) is 2.56. The van der Waals surface area contributed by atoms with Gasteiger partial charge in [0.1, 0.15) is 0 Å². The first-order valence-electron chi connectivity index (χ1n) is 5.66. The average Bonchev–Trinajstić information content (AvgIpc) is 3.00. The van der Waals surface area contributed by atoms with E-state index in [1.54, 1.807) is 0 Å². The maximum atomic E-state index is 5.31. The number of halogens is 1. The molecule has 0 radical (unpaired) electrons. The van der Waals surface area contributed by atoms with Gasteiger partial charge in [-0.2, -0.15) is 4.98 Å². The molecule has 1 fully saturated rings. The van der Waals surface area contributed by atoms with Crippen LogP contribution >= 0.6 is 22.6 Å². The summed E-state index contributed by atoms with van der Waals surface area (Å²) in [5.74, 6) is 1.38. The minimum Gasteiger partial charge on any atom is -0.334 e. The van der Waals surface area contributed by atoms with Crippen LogP contribution in [0.2, 0.25) is 0 Å². The van der Waals surface area contributed by atoms with Gasteiger partial charge < -0.3 is 9.84 Å². The summed E-state index contributed by atoms with van der Waals surface area (Å²) >= 11 is 2.27. The Kier molecular flexibility index (Phi) is 3.11. The highest BCUT2D eigenvalue weighted by Gasteiger charge is 2.21. The van der Waals surface area contributed by atoms with Crippen molar-refractivity contribution in [3.05, 3.63) is 33.7 Å². The highest BCUT2D eigenvalue weighted by atomic mass is 127. The van der Waals surface area contributed by atoms with Crippen molar-refractivity contribution in [3.8, 4) is 11.5 Å². The molecule has 0 bridgehead atoms. The molecule has 5 heteroatoms. The summed E-state index contributed by atoms with van der Waals surface area (Å²) in [6.45, 7) is 1.04. The van der Waals surface area contributed by atoms with E-state index in [-0.39, 0.29) is 6.04 Å². The fraction of sp³-hybridized carbons (Fsp3) is 0.333. The lowest BCUT2D eigenvalue weighted by Gasteiger charge is -2.01. The lowest BCUT2D eigenvalue weighted by molar-refractivity contribution is 0.412. The molecule has 0 aliphatic carbocycles. The second-order valence-electron chi connectivity index (χ2n) is 4.12. The molecule has 0 saturated carbocycles. The third-order valence-corrected chi connectivity index (χ3v) is 3.56. The summed E-state index contributed by atoms with van der Waals surface area (Å²) in [6, 6.07) is 8.33. The standard InChI is InChI=1S/C12H12IN3O/c13-9-4-1-3-8(7-9)12-15-11(16-17-12)10-5-2-6-14-10/h1,3-4,7,10,14H,2,5-6H2. The highest BCUT2D eigenvalue weighted by Crippen LogP contribution is 2.24. The smallest absolute Gasteiger partial charge is 0.258 e. The maximum absolute atomic E-state index is 5.31. The molecule has 3 rings (SSSR count). The van der Waals surface area contributed by atoms with Gasteiger partial charge in [0.15, 0.2) is 5.82 Å². The van der Waals surface area contributed by atoms with Crippen LogP contribution in [0.15, 0.2) is 28.8 Å². The molecular formula is C12H12IN3O. The third kappa shape index (κ3) is 2.35. The van der Waals surface area contributed by atoms with Gasteiger partial charge in [-0.05, 0) is 60.2 Å². The Balaban J connectivity index is 1.89. The Morgan fingerprint density at radius 1 is 1.41 bits per heavy atom. The summed E-state index contributed by atoms with van der Waals surface area (Å²) < 4.78 is 6.48. The first-order valence-corrected chi connectivity index (χ1v) is 6.74. The van der Waals surface area contributed by atoms with E-state index < -0.39 is 0 Å². The van der Waals surface area contributed by atoms with Gasteiger partial charge in [-0.3, -0.25) is 0 Å². The van der Waals surface area contributed by atoms with Crippen molar-refractivity contribution in [3.63, 3.8) is 0 Å². The summed E-state index contributed by atoms with van der Waals surface area (Å²) in [5, 5.41) is 7.42. The van der Waals surface area contributed by atoms with Crippen LogP contribution < -0.4 is 5.32 Å². The summed E-state index contributed by atoms with van der Waals surface area (Å²) in [6.07, 6.45) is 2.27. The summed E-state index contributed by atoms with van der Waals surface area (Å²) in [5.41, 5.74) is 0.980. The molecule has 1 aliphatic heterocycles. The largest absolute Gasteiger partial charge is 0.334 e. The van der Waals surface area contributed by atoms with Gasteiger partial charge in [0, 0.05) is 9.13 Å². The molecule has 1 atom stereocenters. The van der Waals surface area contributed by atoms with Crippen LogP contribution in [0, 0.1) is 3.57 Å². The monoisotopic (exact) mass is 341 g/mol. The number of hydrogen-bond donors (Lipinski definition) is 1. The van der Waals surface area contributed by atoms with E-state index >= 15 is 0 Å². The number of benzene rings is 1. The molecule has 1 aromatic carbocycles. The zero-order valence-electron chi connectivity index (χ0n) is 9.19. The van der Waals surface area contributed by atoms with E-state index in [1.165, 1.54) is 9.99 Å². The predicted octanol–water partition coefficient (Wildman–Crippen LogP) is 2.77. The minimum absolute atomic E-state index is 0.260. The van der Waals surface area contributed by atoms with E-state index in [2.05, 4.69) is 38.0 Å². The zero-order chi connectivity index (χ0) is 11.7. The van der Waals surface area contributed by atoms with E-state index in [0.717, 1.165) is 24.4 Å². The van der Waals surface area contributed by atoms with Gasteiger partial charge >= 0.3 is 0 Å². The Bertz CT molecular complexity index is 520. The second-order valence-corrected chi connectivity index (χ2v) is 5.36. The van der Waals surface area contributed by atoms with Crippen molar-refractivity contribution in [2.75, 3.05) is 6.54 Å². The molecule has 4 nitrogen and oxygen atoms in total. The Morgan fingerprint density at radius 3 is 3.12 bits per heavy atom. The molecule has 2 heterocycles. The zero-order valence-corrected chi connectivity index (χ0v) is 11.3. The molecule has 17 heavy (non-hydrogen) atoms. The lowest BCUT2D eigenvalue weighted by atomic mass is 10.2. The van der Waals surface area contributed by atoms with Gasteiger partial charge in [0.2, 0.25) is 0 Å². The molecule has 1 aromatic heterocycles. The van der Waals surface area contributed by atoms with E-state index in [4.69, 9.17) is 4.52 Å². The number of nitrogens with zero attached hydrogens (tertiary/aromatic N) is 2. The van der Waals surface area contributed by atoms with Crippen LogP contribution in [0.3, 0.4) is 0 Å². The lowest BCUT2D eigenvalue weighted by Crippen LogP contribution is -2.14. The van der Waals surface area contributed by atoms with Crippen molar-refractivity contribution in [2.45, 2.75) is 18.9 Å². The first kappa shape index (κ1) is 11.2. The van der Waals surface area contributed by atoms with Crippen LogP contribution in [0.5, 0.6) is 0 Å². The van der Waals surface area contributed by atoms with Crippen molar-refractivity contribution in [2.24, 2.45) is 0 Å². The molecule has 1 saturated heterocycles. The van der Waals surface area contributed by atoms with Crippen LogP contribution in [0.25, 0.3) is 11.5 Å². The molecule has 0 amide bonds. The number of aromatic nitrogens is 2. The van der Waals surface area contributed by atoms with Crippen molar-refractivity contribution < 1.29 is 4.52 Å². The number of rotatable bonds is 2. The highest BCUT2D eigenvalue weighted by molar-refractivity contribution is 14.1. The van der Waals surface area contributed by atoms with Crippen molar-refractivity contribution >= 4 is 22.6 Å². The van der Waals surface area contributed by atoms with Gasteiger partial charge in [0.05, 0.1) is 6.04 Å². The topological polar surface area (TPSA) is 51.0 Å². The van der Waals surface area contributed by atoms with E-state index in [0.29, 0.717) is 5.89 Å². The third-order valence-electron chi connectivity index (χ3n) is 2.89. The Hall–Kier alpha value is -0.950. The first-order chi connectivity index (χ1) is 8.33. The Morgan fingerprint density at radius 2 is 2.35 bits per heavy atom. The Labute approximate surface area is 113 Å². The molecule has 0 spiro atoms. The molecule has 88 valence electrons. The molecular weight excluding hydrogens is 329 g/mol. The maximum Gasteiger partial charge on any atom is 0.258 e. The number of nitrogens with one attached hydrogen (secondary N) is 1. The van der Waals surface area contributed by atoms with E-state index in [9.17, 15) is 0 Å². The quantitative estimate of drug-likeness (QED) is 0.854. The van der Waals surface area contributed by atoms with Crippen molar-refractivity contribution in [1.29, 1.82) is 0 Å². The minimum atomic E-state index is 0.260. The molecule has 1 aliphatic rings. The van der Waals surface area contributed by atoms with Crippen LogP contribution in [0.4, 0.5) is 0 Å². The van der Waals surface area contributed by atoms with E-state index in [1.807, 2.05) is 24.3 Å². The summed E-state index contributed by atoms with van der Waals surface area (Å²) in [7, 11) is 0. The number of hydrogen-bond acceptors (Lipinski definition) is 4. The second kappa shape index (κ2) is 4.73. The molecule has 1 unspecified atom stereocenters. The van der Waals surface area contributed by atoms with Gasteiger partial charge in [-0.25, -0.2) is 0 Å². The van der Waals surface area contributed by atoms with Crippen LogP contribution in [-0.4, -0.2) is 16.7 Å². The molecule has 2 aromatic rings. The van der Waals surface area contributed by atoms with Gasteiger partial charge in [-0.1, -0.05) is 11.2 Å². The SMILES string of the molecule is Ic1cccc(-c2nc(C3CCCN3)no2)c1. The average molecular weight is 341 g/mol. The summed E-state index contributed by atoms with van der Waals surface area (Å²) in [4.78, 5) is 4.46. The van der Waals surface area contributed by atoms with Crippen LogP contribution in [-0.2, 0) is 0 Å². The normalized spacial score (nSPS) is 19.7. The van der Waals surface area contributed by atoms with Crippen molar-refractivity contribution in [1.82, 2.24) is 15.5 Å². The van der Waals surface area contributed by atoms with Gasteiger partial charge in [-0.15, -0.1) is 0 Å². The predicted molar refractivity (Wildman–Crippen MR) is 72.4 cm³/mol.